The summed E-state index contributed by atoms with van der Waals surface area (Å²) in [6.45, 7) is 1.12. The number of methoxy groups -OCH3 is 1. The summed E-state index contributed by atoms with van der Waals surface area (Å²) in [6, 6.07) is 13.7. The molecule has 0 aliphatic heterocycles. The van der Waals surface area contributed by atoms with Gasteiger partial charge in [-0.1, -0.05) is 6.07 Å². The van der Waals surface area contributed by atoms with Crippen LogP contribution in [0.5, 0.6) is 11.5 Å². The molecule has 0 saturated carbocycles. The molecule has 138 valence electrons. The third-order valence-corrected chi connectivity index (χ3v) is 3.50. The molecular formula is C19H23N3O4. The quantitative estimate of drug-likeness (QED) is 0.594. The van der Waals surface area contributed by atoms with E-state index in [9.17, 15) is 9.59 Å². The molecule has 7 heteroatoms. The molecule has 2 aromatic carbocycles. The molecule has 0 aromatic heterocycles. The van der Waals surface area contributed by atoms with Gasteiger partial charge >= 0.3 is 0 Å². The second kappa shape index (κ2) is 10.0. The van der Waals surface area contributed by atoms with Crippen molar-refractivity contribution in [2.75, 3.05) is 39.2 Å². The smallest absolute Gasteiger partial charge is 0.262 e. The number of nitrogens with one attached hydrogen (secondary N) is 3. The summed E-state index contributed by atoms with van der Waals surface area (Å²) in [6.07, 6.45) is 0. The van der Waals surface area contributed by atoms with Crippen LogP contribution in [-0.4, -0.2) is 45.7 Å². The molecule has 2 rings (SSSR count). The van der Waals surface area contributed by atoms with E-state index in [0.29, 0.717) is 35.8 Å². The van der Waals surface area contributed by atoms with Crippen LogP contribution in [-0.2, 0) is 4.79 Å². The molecule has 0 spiro atoms. The molecule has 2 amide bonds. The van der Waals surface area contributed by atoms with Gasteiger partial charge in [-0.3, -0.25) is 9.59 Å². The highest BCUT2D eigenvalue weighted by molar-refractivity contribution is 5.94. The predicted octanol–water partition coefficient (Wildman–Crippen LogP) is 1.66. The fourth-order valence-corrected chi connectivity index (χ4v) is 2.15. The van der Waals surface area contributed by atoms with Crippen LogP contribution in [0.2, 0.25) is 0 Å². The summed E-state index contributed by atoms with van der Waals surface area (Å²) in [5.41, 5.74) is 1.17. The summed E-state index contributed by atoms with van der Waals surface area (Å²) >= 11 is 0. The summed E-state index contributed by atoms with van der Waals surface area (Å²) < 4.78 is 10.6. The van der Waals surface area contributed by atoms with Crippen molar-refractivity contribution in [3.05, 3.63) is 54.1 Å². The number of hydrogen-bond acceptors (Lipinski definition) is 5. The average molecular weight is 357 g/mol. The van der Waals surface area contributed by atoms with Gasteiger partial charge in [0.15, 0.2) is 6.61 Å². The molecule has 0 aliphatic carbocycles. The first-order chi connectivity index (χ1) is 12.6. The van der Waals surface area contributed by atoms with E-state index in [1.54, 1.807) is 55.6 Å². The number of anilines is 1. The minimum Gasteiger partial charge on any atom is -0.497 e. The molecule has 0 radical (unpaired) electrons. The second-order valence-electron chi connectivity index (χ2n) is 5.45. The maximum absolute atomic E-state index is 12.0. The zero-order chi connectivity index (χ0) is 18.8. The van der Waals surface area contributed by atoms with E-state index in [1.165, 1.54) is 0 Å². The minimum absolute atomic E-state index is 0.134. The van der Waals surface area contributed by atoms with Gasteiger partial charge in [0.05, 0.1) is 7.11 Å². The van der Waals surface area contributed by atoms with Crippen LogP contribution >= 0.6 is 0 Å². The molecule has 26 heavy (non-hydrogen) atoms. The molecule has 0 aliphatic rings. The van der Waals surface area contributed by atoms with Gasteiger partial charge in [0.2, 0.25) is 0 Å². The van der Waals surface area contributed by atoms with Gasteiger partial charge in [-0.05, 0) is 43.4 Å². The zero-order valence-electron chi connectivity index (χ0n) is 14.9. The molecule has 0 fully saturated rings. The van der Waals surface area contributed by atoms with Crippen LogP contribution in [0.4, 0.5) is 5.69 Å². The fraction of sp³-hybridized carbons (Fsp3) is 0.263. The number of rotatable bonds is 9. The lowest BCUT2D eigenvalue weighted by Gasteiger charge is -2.09. The molecule has 3 N–H and O–H groups in total. The van der Waals surface area contributed by atoms with E-state index >= 15 is 0 Å². The lowest BCUT2D eigenvalue weighted by atomic mass is 10.2. The average Bonchev–Trinajstić information content (AvgIpc) is 2.67. The number of carbonyl (C=O) groups excluding carboxylic acids is 2. The van der Waals surface area contributed by atoms with Crippen molar-refractivity contribution in [2.24, 2.45) is 0 Å². The van der Waals surface area contributed by atoms with E-state index in [0.717, 1.165) is 0 Å². The molecule has 0 saturated heterocycles. The van der Waals surface area contributed by atoms with E-state index in [-0.39, 0.29) is 18.4 Å². The van der Waals surface area contributed by atoms with E-state index < -0.39 is 0 Å². The first-order valence-electron chi connectivity index (χ1n) is 8.22. The first-order valence-corrected chi connectivity index (χ1v) is 8.22. The molecular weight excluding hydrogens is 334 g/mol. The highest BCUT2D eigenvalue weighted by Gasteiger charge is 2.07. The fourth-order valence-electron chi connectivity index (χ4n) is 2.15. The largest absolute Gasteiger partial charge is 0.497 e. The van der Waals surface area contributed by atoms with Crippen LogP contribution in [0.25, 0.3) is 0 Å². The van der Waals surface area contributed by atoms with Crippen LogP contribution in [0.1, 0.15) is 10.4 Å². The monoisotopic (exact) mass is 357 g/mol. The first kappa shape index (κ1) is 19.3. The van der Waals surface area contributed by atoms with Gasteiger partial charge < -0.3 is 25.4 Å². The van der Waals surface area contributed by atoms with Gasteiger partial charge in [0.25, 0.3) is 11.8 Å². The SMILES string of the molecule is CNCCNC(=O)c1ccc(OCC(=O)Nc2cccc(OC)c2)cc1. The van der Waals surface area contributed by atoms with Gasteiger partial charge in [-0.25, -0.2) is 0 Å². The van der Waals surface area contributed by atoms with Crippen molar-refractivity contribution in [2.45, 2.75) is 0 Å². The number of hydrogen-bond donors (Lipinski definition) is 3. The number of benzene rings is 2. The van der Waals surface area contributed by atoms with Crippen molar-refractivity contribution in [3.8, 4) is 11.5 Å². The topological polar surface area (TPSA) is 88.7 Å². The van der Waals surface area contributed by atoms with Crippen molar-refractivity contribution in [1.82, 2.24) is 10.6 Å². The lowest BCUT2D eigenvalue weighted by molar-refractivity contribution is -0.118. The van der Waals surface area contributed by atoms with Crippen molar-refractivity contribution < 1.29 is 19.1 Å². The van der Waals surface area contributed by atoms with Crippen molar-refractivity contribution in [1.29, 1.82) is 0 Å². The molecule has 0 heterocycles. The minimum atomic E-state index is -0.285. The molecule has 0 unspecified atom stereocenters. The summed E-state index contributed by atoms with van der Waals surface area (Å²) in [4.78, 5) is 23.9. The Morgan fingerprint density at radius 1 is 1.00 bits per heavy atom. The Hall–Kier alpha value is -3.06. The third kappa shape index (κ3) is 6.10. The van der Waals surface area contributed by atoms with Crippen LogP contribution in [0.3, 0.4) is 0 Å². The maximum Gasteiger partial charge on any atom is 0.262 e. The van der Waals surface area contributed by atoms with E-state index in [4.69, 9.17) is 9.47 Å². The number of carbonyl (C=O) groups is 2. The van der Waals surface area contributed by atoms with Crippen molar-refractivity contribution >= 4 is 17.5 Å². The summed E-state index contributed by atoms with van der Waals surface area (Å²) in [5.74, 6) is 0.736. The Balaban J connectivity index is 1.81. The Kier molecular flexibility index (Phi) is 7.45. The van der Waals surface area contributed by atoms with Crippen LogP contribution in [0, 0.1) is 0 Å². The van der Waals surface area contributed by atoms with Crippen LogP contribution in [0.15, 0.2) is 48.5 Å². The highest BCUT2D eigenvalue weighted by Crippen LogP contribution is 2.17. The second-order valence-corrected chi connectivity index (χ2v) is 5.45. The summed E-state index contributed by atoms with van der Waals surface area (Å²) in [7, 11) is 3.39. The molecule has 7 nitrogen and oxygen atoms in total. The zero-order valence-corrected chi connectivity index (χ0v) is 14.9. The molecule has 0 bridgehead atoms. The Bertz CT molecular complexity index is 732. The van der Waals surface area contributed by atoms with E-state index in [2.05, 4.69) is 16.0 Å². The molecule has 0 atom stereocenters. The molecule has 2 aromatic rings. The standard InChI is InChI=1S/C19H23N3O4/c1-20-10-11-21-19(24)14-6-8-16(9-7-14)26-13-18(23)22-15-4-3-5-17(12-15)25-2/h3-9,12,20H,10-11,13H2,1-2H3,(H,21,24)(H,22,23). The van der Waals surface area contributed by atoms with Crippen LogP contribution < -0.4 is 25.4 Å². The number of amides is 2. The maximum atomic E-state index is 12.0. The van der Waals surface area contributed by atoms with Gasteiger partial charge in [-0.15, -0.1) is 0 Å². The van der Waals surface area contributed by atoms with Gasteiger partial charge in [-0.2, -0.15) is 0 Å². The normalized spacial score (nSPS) is 10.1. The van der Waals surface area contributed by atoms with Gasteiger partial charge in [0.1, 0.15) is 11.5 Å². The Morgan fingerprint density at radius 2 is 1.77 bits per heavy atom. The van der Waals surface area contributed by atoms with Gasteiger partial charge in [0, 0.05) is 30.4 Å². The highest BCUT2D eigenvalue weighted by atomic mass is 16.5. The number of ether oxygens (including phenoxy) is 2. The summed E-state index contributed by atoms with van der Waals surface area (Å²) in [5, 5.41) is 8.48. The van der Waals surface area contributed by atoms with E-state index in [1.807, 2.05) is 7.05 Å². The Morgan fingerprint density at radius 3 is 2.46 bits per heavy atom. The third-order valence-electron chi connectivity index (χ3n) is 3.50. The van der Waals surface area contributed by atoms with Crippen molar-refractivity contribution in [3.63, 3.8) is 0 Å². The predicted molar refractivity (Wildman–Crippen MR) is 99.8 cm³/mol. The number of likely N-dealkylation sites (N-methyl/N-ethyl adjacent to an activating group) is 1. The lowest BCUT2D eigenvalue weighted by Crippen LogP contribution is -2.30. The Labute approximate surface area is 152 Å².